The third kappa shape index (κ3) is 39.0. The number of hydrogen-bond donors (Lipinski definition) is 20. The van der Waals surface area contributed by atoms with E-state index in [1.54, 1.807) is 44.2 Å². The van der Waals surface area contributed by atoms with Crippen LogP contribution in [0.4, 0.5) is 0 Å². The summed E-state index contributed by atoms with van der Waals surface area (Å²) in [5, 5.41) is 89.6. The minimum atomic E-state index is -1.83. The third-order valence-corrected chi connectivity index (χ3v) is 16.9. The van der Waals surface area contributed by atoms with Crippen molar-refractivity contribution in [1.82, 2.24) is 69.1 Å². The minimum absolute atomic E-state index is 0.111. The van der Waals surface area contributed by atoms with Crippen molar-refractivity contribution in [3.63, 3.8) is 0 Å². The standard InChI is InChI=1S/C67H103BrN14O25/c1-8-35(4)55(81-66(105)56(37(6)83)82-57(96)36(5)72-58(97)40(75-63(102)46(32-53(94)95)73-38(7)84)19-14-16-30-70-48(86)20-13-10-15-29-68)64(103)71-33-49(87)74-45(31-39-17-11-9-12-18-39)62(101)77-43(23-27-51(90)91)61(100)80-54(34(2)3)65(104)78-41(21-25-47(69)85)59(98)76-42(22-26-50(88)89)60(99)79-44(67(106)107)24-28-52(92)93/h9,11-12,17-18,34-37,40-46,54-56,83H,8,10,13-16,19-33H2,1-7H3,(H2,69,85)(H,70,86)(H,71,103)(H,72,97)(H,73,84)(H,74,87)(H,75,102)(H,76,98)(H,77,101)(H,78,104)(H,79,99)(H,80,100)(H,81,105)(H,82,96)(H,88,89)(H,90,91)(H,92,93)(H,94,95)(H,106,107)/t35-,36-,37+,40-,41-,42-,43-,44-,45-,46-,54-,55-,56-/m0/s1. The molecule has 13 atom stereocenters. The number of halogens is 1. The lowest BCUT2D eigenvalue weighted by atomic mass is 9.97. The first kappa shape index (κ1) is 94.6. The number of aliphatic hydroxyl groups excluding tert-OH is 1. The van der Waals surface area contributed by atoms with Gasteiger partial charge in [-0.3, -0.25) is 86.3 Å². The Morgan fingerprint density at radius 3 is 1.36 bits per heavy atom. The summed E-state index contributed by atoms with van der Waals surface area (Å²) >= 11 is 3.34. The van der Waals surface area contributed by atoms with Gasteiger partial charge in [-0.2, -0.15) is 0 Å². The number of unbranched alkanes of at least 4 members (excludes halogenated alkanes) is 3. The molecule has 0 heterocycles. The molecule has 0 aromatic heterocycles. The van der Waals surface area contributed by atoms with Crippen molar-refractivity contribution in [2.24, 2.45) is 17.6 Å². The number of carbonyl (C=O) groups is 19. The Bertz CT molecular complexity index is 3240. The van der Waals surface area contributed by atoms with E-state index in [2.05, 4.69) is 79.7 Å². The van der Waals surface area contributed by atoms with Crippen LogP contribution < -0.4 is 74.9 Å². The fourth-order valence-electron chi connectivity index (χ4n) is 10.1. The van der Waals surface area contributed by atoms with Crippen LogP contribution in [0.3, 0.4) is 0 Å². The van der Waals surface area contributed by atoms with Gasteiger partial charge >= 0.3 is 29.8 Å². The number of primary amides is 1. The van der Waals surface area contributed by atoms with Gasteiger partial charge in [-0.1, -0.05) is 86.8 Å². The molecule has 0 bridgehead atoms. The minimum Gasteiger partial charge on any atom is -0.481 e. The van der Waals surface area contributed by atoms with Crippen LogP contribution in [0, 0.1) is 11.8 Å². The Balaban J connectivity index is 3.48. The van der Waals surface area contributed by atoms with Crippen LogP contribution >= 0.6 is 15.9 Å². The van der Waals surface area contributed by atoms with Crippen molar-refractivity contribution in [2.75, 3.05) is 18.4 Å². The molecule has 14 amide bonds. The first-order chi connectivity index (χ1) is 50.2. The normalized spacial score (nSPS) is 14.6. The maximum absolute atomic E-state index is 14.4. The van der Waals surface area contributed by atoms with E-state index in [4.69, 9.17) is 10.8 Å². The molecule has 40 heteroatoms. The van der Waals surface area contributed by atoms with E-state index in [1.807, 2.05) is 5.32 Å². The second-order valence-electron chi connectivity index (χ2n) is 25.7. The van der Waals surface area contributed by atoms with Crippen molar-refractivity contribution in [1.29, 1.82) is 0 Å². The molecular formula is C67H103BrN14O25. The van der Waals surface area contributed by atoms with Gasteiger partial charge in [0.15, 0.2) is 0 Å². The Morgan fingerprint density at radius 2 is 0.879 bits per heavy atom. The number of nitrogens with two attached hydrogens (primary N) is 1. The number of aliphatic hydroxyl groups is 1. The third-order valence-electron chi connectivity index (χ3n) is 16.3. The first-order valence-corrected chi connectivity index (χ1v) is 35.8. The number of carbonyl (C=O) groups excluding carboxylic acids is 14. The number of hydrogen-bond acceptors (Lipinski definition) is 20. The smallest absolute Gasteiger partial charge is 0.326 e. The van der Waals surface area contributed by atoms with Gasteiger partial charge in [0.25, 0.3) is 0 Å². The largest absolute Gasteiger partial charge is 0.481 e. The fourth-order valence-corrected chi connectivity index (χ4v) is 10.5. The molecule has 0 saturated carbocycles. The molecule has 0 aliphatic heterocycles. The summed E-state index contributed by atoms with van der Waals surface area (Å²) in [7, 11) is 0. The van der Waals surface area contributed by atoms with E-state index < -0.39 is 255 Å². The van der Waals surface area contributed by atoms with Crippen LogP contribution in [0.5, 0.6) is 0 Å². The topological polar surface area (TPSA) is 628 Å². The highest BCUT2D eigenvalue weighted by Gasteiger charge is 2.38. The number of benzene rings is 1. The van der Waals surface area contributed by atoms with Crippen molar-refractivity contribution in [2.45, 2.75) is 237 Å². The highest BCUT2D eigenvalue weighted by Crippen LogP contribution is 2.14. The summed E-state index contributed by atoms with van der Waals surface area (Å²) in [4.78, 5) is 247. The number of amides is 14. The van der Waals surface area contributed by atoms with E-state index in [-0.39, 0.29) is 38.1 Å². The zero-order valence-electron chi connectivity index (χ0n) is 60.7. The summed E-state index contributed by atoms with van der Waals surface area (Å²) in [6.07, 6.45) is -4.93. The van der Waals surface area contributed by atoms with E-state index in [9.17, 15) is 117 Å². The number of aliphatic carboxylic acids is 5. The predicted octanol–water partition coefficient (Wildman–Crippen LogP) is -3.54. The Morgan fingerprint density at radius 1 is 0.421 bits per heavy atom. The molecule has 107 heavy (non-hydrogen) atoms. The van der Waals surface area contributed by atoms with Gasteiger partial charge in [0.05, 0.1) is 19.1 Å². The summed E-state index contributed by atoms with van der Waals surface area (Å²) < 4.78 is 0. The fraction of sp³-hybridized carbons (Fsp3) is 0.627. The molecule has 39 nitrogen and oxygen atoms in total. The average molecular weight is 1580 g/mol. The summed E-state index contributed by atoms with van der Waals surface area (Å²) in [5.74, 6) is -23.2. The van der Waals surface area contributed by atoms with Gasteiger partial charge in [-0.15, -0.1) is 0 Å². The Hall–Kier alpha value is -10.4. The zero-order valence-corrected chi connectivity index (χ0v) is 62.3. The van der Waals surface area contributed by atoms with Crippen molar-refractivity contribution in [3.8, 4) is 0 Å². The number of alkyl halides is 1. The summed E-state index contributed by atoms with van der Waals surface area (Å²) in [5.41, 5.74) is 5.77. The Kier molecular flexibility index (Phi) is 44.3. The molecule has 0 unspecified atom stereocenters. The van der Waals surface area contributed by atoms with Crippen LogP contribution in [0.1, 0.15) is 163 Å². The number of rotatable bonds is 54. The van der Waals surface area contributed by atoms with Crippen LogP contribution in [-0.2, 0) is 97.5 Å². The van der Waals surface area contributed by atoms with Gasteiger partial charge in [0, 0.05) is 57.3 Å². The molecule has 1 aromatic carbocycles. The number of carboxylic acid groups (broad SMARTS) is 5. The second kappa shape index (κ2) is 50.2. The highest BCUT2D eigenvalue weighted by molar-refractivity contribution is 9.09. The molecule has 0 saturated heterocycles. The molecule has 598 valence electrons. The van der Waals surface area contributed by atoms with E-state index in [1.165, 1.54) is 20.8 Å². The molecule has 0 aliphatic carbocycles. The Labute approximate surface area is 625 Å². The highest BCUT2D eigenvalue weighted by atomic mass is 79.9. The lowest BCUT2D eigenvalue weighted by molar-refractivity contribution is -0.144. The zero-order chi connectivity index (χ0) is 81.2. The van der Waals surface area contributed by atoms with Crippen LogP contribution in [0.2, 0.25) is 0 Å². The predicted molar refractivity (Wildman–Crippen MR) is 380 cm³/mol. The molecule has 0 fully saturated rings. The molecule has 1 rings (SSSR count). The van der Waals surface area contributed by atoms with Gasteiger partial charge in [0.1, 0.15) is 66.5 Å². The lowest BCUT2D eigenvalue weighted by Crippen LogP contribution is -2.61. The molecule has 21 N–H and O–H groups in total. The van der Waals surface area contributed by atoms with Gasteiger partial charge in [-0.05, 0) is 89.0 Å². The van der Waals surface area contributed by atoms with E-state index in [0.717, 1.165) is 32.0 Å². The first-order valence-electron chi connectivity index (χ1n) is 34.7. The van der Waals surface area contributed by atoms with Crippen LogP contribution in [-0.4, -0.2) is 234 Å². The van der Waals surface area contributed by atoms with E-state index >= 15 is 0 Å². The summed E-state index contributed by atoms with van der Waals surface area (Å²) in [6.45, 7) is 8.70. The molecule has 0 radical (unpaired) electrons. The van der Waals surface area contributed by atoms with Crippen LogP contribution in [0.25, 0.3) is 0 Å². The molecule has 0 spiro atoms. The maximum Gasteiger partial charge on any atom is 0.326 e. The molecular weight excluding hydrogens is 1480 g/mol. The molecule has 0 aliphatic rings. The van der Waals surface area contributed by atoms with Gasteiger partial charge in [-0.25, -0.2) is 4.79 Å². The van der Waals surface area contributed by atoms with Crippen LogP contribution in [0.15, 0.2) is 30.3 Å². The van der Waals surface area contributed by atoms with E-state index in [0.29, 0.717) is 24.8 Å². The lowest BCUT2D eigenvalue weighted by Gasteiger charge is -2.29. The van der Waals surface area contributed by atoms with Crippen molar-refractivity contribution >= 4 is 128 Å². The average Bonchev–Trinajstić information content (AvgIpc) is 0.859. The van der Waals surface area contributed by atoms with Gasteiger partial charge in [0.2, 0.25) is 82.7 Å². The number of carboxylic acids is 5. The van der Waals surface area contributed by atoms with Crippen molar-refractivity contribution in [3.05, 3.63) is 35.9 Å². The quantitative estimate of drug-likeness (QED) is 0.0222. The monoisotopic (exact) mass is 1580 g/mol. The van der Waals surface area contributed by atoms with Crippen molar-refractivity contribution < 1.29 is 122 Å². The summed E-state index contributed by atoms with van der Waals surface area (Å²) in [6, 6.07) is -10.5. The number of nitrogens with one attached hydrogen (secondary N) is 13. The molecule has 1 aromatic rings. The SMILES string of the molecule is CC[C@H](C)[C@H](NC(=O)[C@@H](NC(=O)[C@H](C)NC(=O)[C@H](CCCCNC(=O)CCCCCBr)NC(=O)[C@H](CC(=O)O)NC(C)=O)[C@@H](C)O)C(=O)NCC(=O)N[C@@H](Cc1ccccc1)C(=O)N[C@@H](CCC(=O)O)C(=O)N[C@H](C(=O)N[C@@H](CCC(N)=O)C(=O)N[C@@H](CCC(=O)O)C(=O)N[C@@H](CCC(=O)O)C(=O)O)C(C)C. The second-order valence-corrected chi connectivity index (χ2v) is 26.5. The maximum atomic E-state index is 14.4. The van der Waals surface area contributed by atoms with Gasteiger partial charge < -0.3 is 105 Å².